The topological polar surface area (TPSA) is 66.4 Å². The first-order chi connectivity index (χ1) is 9.72. The first kappa shape index (κ1) is 17.7. The molecular formula is C14H16Cl2FNO3. The van der Waals surface area contributed by atoms with Crippen LogP contribution in [0.3, 0.4) is 0 Å². The van der Waals surface area contributed by atoms with Gasteiger partial charge in [0, 0.05) is 6.54 Å². The van der Waals surface area contributed by atoms with Crippen LogP contribution in [0, 0.1) is 17.7 Å². The molecule has 0 radical (unpaired) electrons. The fourth-order valence-electron chi connectivity index (χ4n) is 1.85. The summed E-state index contributed by atoms with van der Waals surface area (Å²) >= 11 is 11.4. The van der Waals surface area contributed by atoms with Crippen LogP contribution in [0.5, 0.6) is 0 Å². The quantitative estimate of drug-likeness (QED) is 0.780. The van der Waals surface area contributed by atoms with Gasteiger partial charge in [-0.05, 0) is 24.5 Å². The first-order valence-corrected chi connectivity index (χ1v) is 7.13. The molecule has 4 nitrogen and oxygen atoms in total. The Morgan fingerprint density at radius 1 is 1.29 bits per heavy atom. The van der Waals surface area contributed by atoms with Crippen LogP contribution in [-0.4, -0.2) is 23.5 Å². The second kappa shape index (κ2) is 7.61. The zero-order valence-corrected chi connectivity index (χ0v) is 13.1. The van der Waals surface area contributed by atoms with Crippen molar-refractivity contribution in [2.75, 3.05) is 6.54 Å². The molecular weight excluding hydrogens is 320 g/mol. The lowest BCUT2D eigenvalue weighted by atomic mass is 9.97. The largest absolute Gasteiger partial charge is 0.481 e. The van der Waals surface area contributed by atoms with Crippen molar-refractivity contribution in [2.24, 2.45) is 11.8 Å². The molecule has 116 valence electrons. The maximum absolute atomic E-state index is 13.4. The van der Waals surface area contributed by atoms with Gasteiger partial charge < -0.3 is 10.4 Å². The third kappa shape index (κ3) is 5.17. The van der Waals surface area contributed by atoms with Crippen molar-refractivity contribution in [2.45, 2.75) is 20.3 Å². The summed E-state index contributed by atoms with van der Waals surface area (Å²) in [4.78, 5) is 23.0. The molecule has 1 atom stereocenters. The number of amides is 1. The van der Waals surface area contributed by atoms with Crippen LogP contribution in [0.2, 0.25) is 10.0 Å². The van der Waals surface area contributed by atoms with Gasteiger partial charge in [0.1, 0.15) is 5.82 Å². The van der Waals surface area contributed by atoms with E-state index in [1.165, 1.54) is 0 Å². The molecule has 0 heterocycles. The number of rotatable bonds is 6. The molecule has 1 unspecified atom stereocenters. The number of carbonyl (C=O) groups excluding carboxylic acids is 1. The highest BCUT2D eigenvalue weighted by atomic mass is 35.5. The fourth-order valence-corrected chi connectivity index (χ4v) is 2.32. The molecule has 0 saturated carbocycles. The number of benzene rings is 1. The second-order valence-corrected chi connectivity index (χ2v) is 5.94. The van der Waals surface area contributed by atoms with Crippen LogP contribution in [-0.2, 0) is 4.79 Å². The molecule has 21 heavy (non-hydrogen) atoms. The minimum atomic E-state index is -0.989. The van der Waals surface area contributed by atoms with E-state index in [0.29, 0.717) is 6.42 Å². The molecule has 0 spiro atoms. The molecule has 0 aromatic heterocycles. The van der Waals surface area contributed by atoms with Crippen LogP contribution in [0.1, 0.15) is 30.6 Å². The van der Waals surface area contributed by atoms with Crippen LogP contribution >= 0.6 is 23.2 Å². The lowest BCUT2D eigenvalue weighted by Crippen LogP contribution is -2.33. The van der Waals surface area contributed by atoms with E-state index < -0.39 is 23.6 Å². The van der Waals surface area contributed by atoms with Gasteiger partial charge in [-0.3, -0.25) is 9.59 Å². The van der Waals surface area contributed by atoms with Gasteiger partial charge in [-0.2, -0.15) is 0 Å². The molecule has 1 rings (SSSR count). The van der Waals surface area contributed by atoms with Gasteiger partial charge in [-0.15, -0.1) is 0 Å². The molecule has 0 bridgehead atoms. The van der Waals surface area contributed by atoms with Gasteiger partial charge >= 0.3 is 5.97 Å². The first-order valence-electron chi connectivity index (χ1n) is 6.38. The molecule has 1 aromatic rings. The predicted octanol–water partition coefficient (Wildman–Crippen LogP) is 3.61. The lowest BCUT2D eigenvalue weighted by Gasteiger charge is -2.15. The average Bonchev–Trinajstić information content (AvgIpc) is 2.37. The van der Waals surface area contributed by atoms with E-state index in [4.69, 9.17) is 28.3 Å². The molecule has 1 aromatic carbocycles. The van der Waals surface area contributed by atoms with Gasteiger partial charge in [0.15, 0.2) is 0 Å². The van der Waals surface area contributed by atoms with E-state index in [1.807, 2.05) is 13.8 Å². The second-order valence-electron chi connectivity index (χ2n) is 5.12. The van der Waals surface area contributed by atoms with Gasteiger partial charge in [0.05, 0.1) is 21.5 Å². The van der Waals surface area contributed by atoms with Gasteiger partial charge in [-0.1, -0.05) is 37.0 Å². The van der Waals surface area contributed by atoms with Crippen molar-refractivity contribution in [1.82, 2.24) is 5.32 Å². The van der Waals surface area contributed by atoms with Gasteiger partial charge in [0.2, 0.25) is 0 Å². The monoisotopic (exact) mass is 335 g/mol. The Kier molecular flexibility index (Phi) is 6.42. The summed E-state index contributed by atoms with van der Waals surface area (Å²) in [6.45, 7) is 3.74. The summed E-state index contributed by atoms with van der Waals surface area (Å²) in [6, 6.07) is 2.06. The molecule has 0 saturated heterocycles. The standard InChI is InChI=1S/C14H16Cl2FNO3/c1-7(2)3-8(14(20)21)6-18-13(19)9-4-12(17)11(16)5-10(9)15/h4-5,7-8H,3,6H2,1-2H3,(H,18,19)(H,20,21). The van der Waals surface area contributed by atoms with Crippen LogP contribution in [0.15, 0.2) is 12.1 Å². The number of hydrogen-bond acceptors (Lipinski definition) is 2. The van der Waals surface area contributed by atoms with Gasteiger partial charge in [0.25, 0.3) is 5.91 Å². The minimum absolute atomic E-state index is 0.00892. The predicted molar refractivity (Wildman–Crippen MR) is 79.3 cm³/mol. The summed E-state index contributed by atoms with van der Waals surface area (Å²) < 4.78 is 13.4. The van der Waals surface area contributed by atoms with Crippen molar-refractivity contribution < 1.29 is 19.1 Å². The Balaban J connectivity index is 2.77. The Hall–Kier alpha value is -1.33. The molecule has 0 fully saturated rings. The zero-order valence-electron chi connectivity index (χ0n) is 11.6. The summed E-state index contributed by atoms with van der Waals surface area (Å²) in [6.07, 6.45) is 0.429. The summed E-state index contributed by atoms with van der Waals surface area (Å²) in [7, 11) is 0. The van der Waals surface area contributed by atoms with Gasteiger partial charge in [-0.25, -0.2) is 4.39 Å². The van der Waals surface area contributed by atoms with Crippen LogP contribution in [0.25, 0.3) is 0 Å². The Morgan fingerprint density at radius 3 is 2.43 bits per heavy atom. The molecule has 2 N–H and O–H groups in total. The number of carboxylic acids is 1. The van der Waals surface area contributed by atoms with E-state index in [0.717, 1.165) is 12.1 Å². The zero-order chi connectivity index (χ0) is 16.2. The van der Waals surface area contributed by atoms with E-state index in [1.54, 1.807) is 0 Å². The third-order valence-corrected chi connectivity index (χ3v) is 3.47. The molecule has 1 amide bonds. The number of carboxylic acid groups (broad SMARTS) is 1. The lowest BCUT2D eigenvalue weighted by molar-refractivity contribution is -0.142. The Labute approximate surface area is 132 Å². The third-order valence-electron chi connectivity index (χ3n) is 2.87. The van der Waals surface area contributed by atoms with Crippen molar-refractivity contribution in [3.63, 3.8) is 0 Å². The van der Waals surface area contributed by atoms with E-state index in [-0.39, 0.29) is 28.1 Å². The Morgan fingerprint density at radius 2 is 1.90 bits per heavy atom. The number of carbonyl (C=O) groups is 2. The summed E-state index contributed by atoms with van der Waals surface area (Å²) in [5.74, 6) is -2.91. The minimum Gasteiger partial charge on any atom is -0.481 e. The molecule has 0 aliphatic rings. The fraction of sp³-hybridized carbons (Fsp3) is 0.429. The Bertz CT molecular complexity index is 549. The maximum atomic E-state index is 13.4. The van der Waals surface area contributed by atoms with Crippen LogP contribution in [0.4, 0.5) is 4.39 Å². The van der Waals surface area contributed by atoms with E-state index in [2.05, 4.69) is 5.32 Å². The smallest absolute Gasteiger partial charge is 0.308 e. The number of aliphatic carboxylic acids is 1. The number of hydrogen-bond donors (Lipinski definition) is 2. The van der Waals surface area contributed by atoms with Crippen molar-refractivity contribution in [3.05, 3.63) is 33.6 Å². The SMILES string of the molecule is CC(C)CC(CNC(=O)c1cc(F)c(Cl)cc1Cl)C(=O)O. The van der Waals surface area contributed by atoms with Crippen molar-refractivity contribution in [1.29, 1.82) is 0 Å². The highest BCUT2D eigenvalue weighted by molar-refractivity contribution is 6.36. The van der Waals surface area contributed by atoms with Crippen molar-refractivity contribution >= 4 is 35.1 Å². The average molecular weight is 336 g/mol. The molecule has 7 heteroatoms. The summed E-state index contributed by atoms with van der Waals surface area (Å²) in [5.41, 5.74) is -0.0766. The maximum Gasteiger partial charge on any atom is 0.308 e. The number of halogens is 3. The highest BCUT2D eigenvalue weighted by Crippen LogP contribution is 2.24. The number of nitrogens with one attached hydrogen (secondary N) is 1. The molecule has 0 aliphatic heterocycles. The van der Waals surface area contributed by atoms with Crippen molar-refractivity contribution in [3.8, 4) is 0 Å². The van der Waals surface area contributed by atoms with E-state index >= 15 is 0 Å². The van der Waals surface area contributed by atoms with Crippen LogP contribution < -0.4 is 5.32 Å². The molecule has 0 aliphatic carbocycles. The normalized spacial score (nSPS) is 12.3. The van der Waals surface area contributed by atoms with E-state index in [9.17, 15) is 14.0 Å². The highest BCUT2D eigenvalue weighted by Gasteiger charge is 2.21. The summed E-state index contributed by atoms with van der Waals surface area (Å²) in [5, 5.41) is 11.4.